The van der Waals surface area contributed by atoms with Crippen LogP contribution in [0.15, 0.2) is 0 Å². The Kier molecular flexibility index (Phi) is 6.84. The van der Waals surface area contributed by atoms with E-state index in [4.69, 9.17) is 10.2 Å². The second-order valence-electron chi connectivity index (χ2n) is 4.46. The van der Waals surface area contributed by atoms with E-state index in [9.17, 15) is 26.3 Å². The molecule has 0 aromatic heterocycles. The van der Waals surface area contributed by atoms with Crippen molar-refractivity contribution in [3.8, 4) is 11.8 Å². The number of aliphatic hydroxyl groups is 2. The summed E-state index contributed by atoms with van der Waals surface area (Å²) in [5.41, 5.74) is -4.99. The summed E-state index contributed by atoms with van der Waals surface area (Å²) in [7, 11) is 0. The summed E-state index contributed by atoms with van der Waals surface area (Å²) in [4.78, 5) is 0. The van der Waals surface area contributed by atoms with E-state index in [0.717, 1.165) is 5.92 Å². The van der Waals surface area contributed by atoms with Crippen LogP contribution in [-0.2, 0) is 0 Å². The summed E-state index contributed by atoms with van der Waals surface area (Å²) < 4.78 is 73.3. The van der Waals surface area contributed by atoms with Crippen molar-refractivity contribution in [2.75, 3.05) is 0 Å². The lowest BCUT2D eigenvalue weighted by atomic mass is 10.0. The summed E-state index contributed by atoms with van der Waals surface area (Å²) in [5.74, 6) is 2.61. The predicted octanol–water partition coefficient (Wildman–Crippen LogP) is 3.18. The predicted molar refractivity (Wildman–Crippen MR) is 59.6 cm³/mol. The van der Waals surface area contributed by atoms with Gasteiger partial charge in [0.05, 0.1) is 6.10 Å². The molecule has 1 atom stereocenters. The fraction of sp³-hybridized carbons (Fsp3) is 0.833. The van der Waals surface area contributed by atoms with Crippen LogP contribution >= 0.6 is 0 Å². The third-order valence-corrected chi connectivity index (χ3v) is 2.51. The molecule has 0 aliphatic heterocycles. The van der Waals surface area contributed by atoms with Crippen LogP contribution in [0.4, 0.5) is 26.3 Å². The minimum absolute atomic E-state index is 0.186. The first-order valence-electron chi connectivity index (χ1n) is 5.95. The molecule has 1 unspecified atom stereocenters. The highest BCUT2D eigenvalue weighted by Gasteiger charge is 2.70. The molecular formula is C12H16F6O2. The van der Waals surface area contributed by atoms with Gasteiger partial charge >= 0.3 is 18.0 Å². The lowest BCUT2D eigenvalue weighted by molar-refractivity contribution is -0.343. The Morgan fingerprint density at radius 1 is 0.950 bits per heavy atom. The van der Waals surface area contributed by atoms with Crippen LogP contribution in [0.5, 0.6) is 0 Å². The zero-order chi connectivity index (χ0) is 16.0. The Hall–Kier alpha value is -0.940. The maximum Gasteiger partial charge on any atom is 0.438 e. The lowest BCUT2D eigenvalue weighted by Gasteiger charge is -2.27. The molecule has 2 nitrogen and oxygen atoms in total. The molecule has 118 valence electrons. The van der Waals surface area contributed by atoms with Gasteiger partial charge in [0.2, 0.25) is 0 Å². The van der Waals surface area contributed by atoms with Crippen molar-refractivity contribution in [1.29, 1.82) is 0 Å². The van der Waals surface area contributed by atoms with Gasteiger partial charge in [-0.25, -0.2) is 0 Å². The molecule has 0 aliphatic carbocycles. The Morgan fingerprint density at radius 3 is 1.85 bits per heavy atom. The van der Waals surface area contributed by atoms with Crippen molar-refractivity contribution in [3.05, 3.63) is 0 Å². The molecule has 0 aliphatic rings. The number of halogens is 6. The second-order valence-corrected chi connectivity index (χ2v) is 4.46. The highest BCUT2D eigenvalue weighted by atomic mass is 19.4. The number of aliphatic hydroxyl groups excluding tert-OH is 1. The van der Waals surface area contributed by atoms with Gasteiger partial charge in [-0.05, 0) is 25.7 Å². The van der Waals surface area contributed by atoms with E-state index in [1.165, 1.54) is 0 Å². The van der Waals surface area contributed by atoms with Crippen molar-refractivity contribution in [2.24, 2.45) is 0 Å². The summed E-state index contributed by atoms with van der Waals surface area (Å²) in [6.45, 7) is 1.58. The molecule has 2 N–H and O–H groups in total. The highest BCUT2D eigenvalue weighted by Crippen LogP contribution is 2.42. The van der Waals surface area contributed by atoms with Gasteiger partial charge in [0.15, 0.2) is 0 Å². The monoisotopic (exact) mass is 306 g/mol. The van der Waals surface area contributed by atoms with Gasteiger partial charge < -0.3 is 10.2 Å². The molecule has 0 heterocycles. The molecule has 8 heteroatoms. The van der Waals surface area contributed by atoms with Crippen molar-refractivity contribution in [3.63, 3.8) is 0 Å². The molecule has 0 rings (SSSR count). The maximum absolute atomic E-state index is 12.2. The average molecular weight is 306 g/mol. The van der Waals surface area contributed by atoms with Crippen LogP contribution in [0.25, 0.3) is 0 Å². The quantitative estimate of drug-likeness (QED) is 0.465. The van der Waals surface area contributed by atoms with Gasteiger partial charge in [-0.1, -0.05) is 18.8 Å². The minimum atomic E-state index is -5.90. The summed E-state index contributed by atoms with van der Waals surface area (Å²) in [6.07, 6.45) is -10.6. The van der Waals surface area contributed by atoms with E-state index in [-0.39, 0.29) is 6.42 Å². The van der Waals surface area contributed by atoms with Gasteiger partial charge in [-0.2, -0.15) is 26.3 Å². The van der Waals surface area contributed by atoms with Gasteiger partial charge in [0, 0.05) is 6.42 Å². The molecule has 0 spiro atoms. The van der Waals surface area contributed by atoms with E-state index in [0.29, 0.717) is 25.7 Å². The van der Waals surface area contributed by atoms with Gasteiger partial charge in [0.25, 0.3) is 0 Å². The largest absolute Gasteiger partial charge is 0.438 e. The number of alkyl halides is 6. The van der Waals surface area contributed by atoms with E-state index >= 15 is 0 Å². The molecule has 0 amide bonds. The van der Waals surface area contributed by atoms with E-state index in [1.54, 1.807) is 12.8 Å². The third kappa shape index (κ3) is 5.59. The van der Waals surface area contributed by atoms with E-state index < -0.39 is 24.1 Å². The first-order chi connectivity index (χ1) is 8.92. The summed E-state index contributed by atoms with van der Waals surface area (Å²) in [6, 6.07) is 0. The number of hydrogen-bond acceptors (Lipinski definition) is 2. The van der Waals surface area contributed by atoms with Crippen molar-refractivity contribution >= 4 is 0 Å². The average Bonchev–Trinajstić information content (AvgIpc) is 2.23. The number of hydrogen-bond donors (Lipinski definition) is 2. The van der Waals surface area contributed by atoms with Crippen LogP contribution in [0.3, 0.4) is 0 Å². The minimum Gasteiger partial charge on any atom is -0.393 e. The Labute approximate surface area is 112 Å². The Bertz CT molecular complexity index is 334. The van der Waals surface area contributed by atoms with E-state index in [1.807, 2.05) is 0 Å². The molecule has 0 aromatic carbocycles. The van der Waals surface area contributed by atoms with Crippen LogP contribution in [0.1, 0.15) is 39.0 Å². The number of rotatable bonds is 5. The molecule has 0 aromatic rings. The van der Waals surface area contributed by atoms with Gasteiger partial charge in [0.1, 0.15) is 0 Å². The third-order valence-electron chi connectivity index (χ3n) is 2.51. The zero-order valence-corrected chi connectivity index (χ0v) is 10.8. The fourth-order valence-corrected chi connectivity index (χ4v) is 1.32. The molecule has 20 heavy (non-hydrogen) atoms. The maximum atomic E-state index is 12.2. The fourth-order valence-electron chi connectivity index (χ4n) is 1.32. The first-order valence-corrected chi connectivity index (χ1v) is 5.95. The van der Waals surface area contributed by atoms with Gasteiger partial charge in [-0.3, -0.25) is 0 Å². The smallest absolute Gasteiger partial charge is 0.393 e. The van der Waals surface area contributed by atoms with Crippen LogP contribution in [0, 0.1) is 11.8 Å². The van der Waals surface area contributed by atoms with Crippen LogP contribution < -0.4 is 0 Å². The molecule has 0 saturated carbocycles. The molecule has 0 saturated heterocycles. The Morgan fingerprint density at radius 2 is 1.45 bits per heavy atom. The Balaban J connectivity index is 4.48. The molecule has 0 radical (unpaired) electrons. The molecule has 0 fully saturated rings. The highest BCUT2D eigenvalue weighted by molar-refractivity contribution is 5.20. The topological polar surface area (TPSA) is 40.5 Å². The second kappa shape index (κ2) is 7.18. The van der Waals surface area contributed by atoms with Crippen LogP contribution in [-0.4, -0.2) is 34.3 Å². The SMILES string of the molecule is CC(O)CCCCCC#CC(O)(C(F)(F)F)C(F)(F)F. The van der Waals surface area contributed by atoms with Gasteiger partial charge in [-0.15, -0.1) is 0 Å². The van der Waals surface area contributed by atoms with E-state index in [2.05, 4.69) is 0 Å². The van der Waals surface area contributed by atoms with Crippen LogP contribution in [0.2, 0.25) is 0 Å². The standard InChI is InChI=1S/C12H16F6O2/c1-9(19)7-5-3-2-4-6-8-10(20,11(13,14)15)12(16,17)18/h9,19-20H,2-5,7H2,1H3. The molecular weight excluding hydrogens is 290 g/mol. The summed E-state index contributed by atoms with van der Waals surface area (Å²) >= 11 is 0. The van der Waals surface area contributed by atoms with Crippen molar-refractivity contribution in [1.82, 2.24) is 0 Å². The normalized spacial score (nSPS) is 14.7. The number of unbranched alkanes of at least 4 members (excludes halogenated alkanes) is 3. The summed E-state index contributed by atoms with van der Waals surface area (Å²) in [5, 5.41) is 17.6. The lowest BCUT2D eigenvalue weighted by Crippen LogP contribution is -2.55. The van der Waals surface area contributed by atoms with Crippen molar-refractivity contribution < 1.29 is 36.6 Å². The van der Waals surface area contributed by atoms with Crippen molar-refractivity contribution in [2.45, 2.75) is 63.1 Å². The first kappa shape index (κ1) is 19.1. The zero-order valence-electron chi connectivity index (χ0n) is 10.8. The molecule has 0 bridgehead atoms.